The molecule has 8 nitrogen and oxygen atoms in total. The lowest BCUT2D eigenvalue weighted by Crippen LogP contribution is -2.55. The normalized spacial score (nSPS) is 29.4. The lowest BCUT2D eigenvalue weighted by atomic mass is 9.87. The Labute approximate surface area is 173 Å². The highest BCUT2D eigenvalue weighted by molar-refractivity contribution is 6.05. The van der Waals surface area contributed by atoms with Gasteiger partial charge in [0.15, 0.2) is 11.6 Å². The highest BCUT2D eigenvalue weighted by Gasteiger charge is 2.40. The van der Waals surface area contributed by atoms with E-state index < -0.39 is 17.8 Å². The summed E-state index contributed by atoms with van der Waals surface area (Å²) in [7, 11) is 0. The molecular weight excluding hydrogens is 391 g/mol. The summed E-state index contributed by atoms with van der Waals surface area (Å²) in [4.78, 5) is 40.1. The molecule has 0 bridgehead atoms. The fraction of sp³-hybridized carbons (Fsp3) is 0.571. The summed E-state index contributed by atoms with van der Waals surface area (Å²) in [5.41, 5.74) is 0.913. The molecule has 0 radical (unpaired) electrons. The van der Waals surface area contributed by atoms with Crippen LogP contribution in [0.2, 0.25) is 0 Å². The number of piperidine rings is 1. The predicted molar refractivity (Wildman–Crippen MR) is 104 cm³/mol. The summed E-state index contributed by atoms with van der Waals surface area (Å²) in [6.07, 6.45) is 2.19. The van der Waals surface area contributed by atoms with Crippen LogP contribution in [0, 0.1) is 5.82 Å². The van der Waals surface area contributed by atoms with E-state index in [0.29, 0.717) is 11.6 Å². The number of hydrogen-bond acceptors (Lipinski definition) is 6. The summed E-state index contributed by atoms with van der Waals surface area (Å²) >= 11 is 0. The third-order valence-electron chi connectivity index (χ3n) is 6.61. The van der Waals surface area contributed by atoms with E-state index in [1.54, 1.807) is 6.07 Å². The molecule has 1 aromatic carbocycles. The number of hydrogen-bond donors (Lipinski definition) is 2. The van der Waals surface area contributed by atoms with Gasteiger partial charge in [0.2, 0.25) is 11.8 Å². The minimum Gasteiger partial charge on any atom is -0.487 e. The van der Waals surface area contributed by atoms with E-state index in [1.807, 2.05) is 0 Å². The van der Waals surface area contributed by atoms with Gasteiger partial charge in [-0.05, 0) is 24.1 Å². The van der Waals surface area contributed by atoms with Crippen LogP contribution < -0.4 is 15.4 Å². The maximum absolute atomic E-state index is 14.6. The number of nitrogens with one attached hydrogen (secondary N) is 2. The number of benzene rings is 1. The molecule has 2 N–H and O–H groups in total. The number of nitrogens with zero attached hydrogens (tertiary/aromatic N) is 2. The van der Waals surface area contributed by atoms with Crippen molar-refractivity contribution in [1.82, 2.24) is 20.4 Å². The number of imide groups is 1. The average molecular weight is 416 g/mol. The van der Waals surface area contributed by atoms with Gasteiger partial charge in [0, 0.05) is 63.6 Å². The van der Waals surface area contributed by atoms with Gasteiger partial charge in [-0.25, -0.2) is 4.39 Å². The Balaban J connectivity index is 1.24. The Morgan fingerprint density at radius 1 is 1.10 bits per heavy atom. The number of carbonyl (C=O) groups excluding carboxylic acids is 3. The van der Waals surface area contributed by atoms with Gasteiger partial charge in [-0.1, -0.05) is 0 Å². The third kappa shape index (κ3) is 3.45. The molecule has 3 amide bonds. The fourth-order valence-corrected chi connectivity index (χ4v) is 4.82. The van der Waals surface area contributed by atoms with Crippen molar-refractivity contribution in [2.45, 2.75) is 50.4 Å². The van der Waals surface area contributed by atoms with Gasteiger partial charge in [0.05, 0.1) is 0 Å². The van der Waals surface area contributed by atoms with Crippen molar-refractivity contribution >= 4 is 17.7 Å². The maximum Gasteiger partial charge on any atom is 0.255 e. The smallest absolute Gasteiger partial charge is 0.255 e. The second-order valence-corrected chi connectivity index (χ2v) is 8.49. The Bertz CT molecular complexity index is 895. The van der Waals surface area contributed by atoms with E-state index in [2.05, 4.69) is 15.5 Å². The molecule has 30 heavy (non-hydrogen) atoms. The lowest BCUT2D eigenvalue weighted by molar-refractivity contribution is -0.136. The first kappa shape index (κ1) is 19.4. The number of halogens is 1. The summed E-state index contributed by atoms with van der Waals surface area (Å²) in [6.45, 7) is 4.27. The van der Waals surface area contributed by atoms with Crippen LogP contribution in [0.15, 0.2) is 12.1 Å². The fourth-order valence-electron chi connectivity index (χ4n) is 4.82. The second-order valence-electron chi connectivity index (χ2n) is 8.49. The van der Waals surface area contributed by atoms with E-state index in [1.165, 1.54) is 11.0 Å². The van der Waals surface area contributed by atoms with Crippen molar-refractivity contribution in [2.24, 2.45) is 0 Å². The topological polar surface area (TPSA) is 91.0 Å². The molecular formula is C21H25FN4O4. The first-order valence-corrected chi connectivity index (χ1v) is 10.6. The molecule has 1 atom stereocenters. The van der Waals surface area contributed by atoms with Gasteiger partial charge in [0.1, 0.15) is 12.1 Å². The minimum absolute atomic E-state index is 0.0271. The Hall–Kier alpha value is -2.52. The number of ether oxygens (including phenoxy) is 1. The molecule has 2 saturated heterocycles. The molecule has 1 unspecified atom stereocenters. The van der Waals surface area contributed by atoms with Crippen LogP contribution in [0.5, 0.6) is 5.75 Å². The van der Waals surface area contributed by atoms with Crippen molar-refractivity contribution in [1.29, 1.82) is 0 Å². The SMILES string of the molecule is O=C1CCC(N2Cc3cc(O[C@H]4C[C@@H](N5CCNCC5)C4)c(F)cc3C2=O)C(=O)N1. The van der Waals surface area contributed by atoms with Crippen LogP contribution in [0.4, 0.5) is 4.39 Å². The van der Waals surface area contributed by atoms with Gasteiger partial charge in [0.25, 0.3) is 5.91 Å². The highest BCUT2D eigenvalue weighted by Crippen LogP contribution is 2.35. The largest absolute Gasteiger partial charge is 0.487 e. The number of carbonyl (C=O) groups is 3. The van der Waals surface area contributed by atoms with Gasteiger partial charge >= 0.3 is 0 Å². The van der Waals surface area contributed by atoms with Crippen LogP contribution >= 0.6 is 0 Å². The molecule has 1 aliphatic carbocycles. The summed E-state index contributed by atoms with van der Waals surface area (Å²) in [5.74, 6) is -1.58. The summed E-state index contributed by atoms with van der Waals surface area (Å²) in [5, 5.41) is 5.61. The predicted octanol–water partition coefficient (Wildman–Crippen LogP) is 0.402. The lowest BCUT2D eigenvalue weighted by Gasteiger charge is -2.44. The van der Waals surface area contributed by atoms with E-state index in [0.717, 1.165) is 39.0 Å². The zero-order valence-corrected chi connectivity index (χ0v) is 16.7. The summed E-state index contributed by atoms with van der Waals surface area (Å²) in [6, 6.07) is 2.58. The molecule has 1 aromatic rings. The molecule has 9 heteroatoms. The van der Waals surface area contributed by atoms with Crippen LogP contribution in [0.3, 0.4) is 0 Å². The molecule has 1 saturated carbocycles. The molecule has 4 aliphatic rings. The van der Waals surface area contributed by atoms with Crippen LogP contribution in [-0.4, -0.2) is 71.9 Å². The molecule has 0 aromatic heterocycles. The zero-order chi connectivity index (χ0) is 20.8. The number of piperazine rings is 1. The Morgan fingerprint density at radius 3 is 2.60 bits per heavy atom. The zero-order valence-electron chi connectivity index (χ0n) is 16.7. The highest BCUT2D eigenvalue weighted by atomic mass is 19.1. The van der Waals surface area contributed by atoms with Crippen molar-refractivity contribution in [2.75, 3.05) is 26.2 Å². The van der Waals surface area contributed by atoms with Gasteiger partial charge in [-0.2, -0.15) is 0 Å². The standard InChI is InChI=1S/C21H25FN4O4/c22-16-10-15-12(11-26(21(15)29)17-1-2-19(27)24-20(17)28)7-18(16)30-14-8-13(9-14)25-5-3-23-4-6-25/h7,10,13-14,17,23H,1-6,8-9,11H2,(H,24,27,28)/t13-,14+,17?. The monoisotopic (exact) mass is 416 g/mol. The van der Waals surface area contributed by atoms with E-state index >= 15 is 0 Å². The molecule has 160 valence electrons. The van der Waals surface area contributed by atoms with E-state index in [4.69, 9.17) is 4.74 Å². The minimum atomic E-state index is -0.707. The average Bonchev–Trinajstić information content (AvgIpc) is 3.00. The molecule has 3 heterocycles. The van der Waals surface area contributed by atoms with E-state index in [-0.39, 0.29) is 48.6 Å². The third-order valence-corrected chi connectivity index (χ3v) is 6.61. The van der Waals surface area contributed by atoms with Crippen molar-refractivity contribution in [3.8, 4) is 5.75 Å². The van der Waals surface area contributed by atoms with Gasteiger partial charge in [-0.3, -0.25) is 24.6 Å². The van der Waals surface area contributed by atoms with Crippen LogP contribution in [0.25, 0.3) is 0 Å². The Kier molecular flexibility index (Phi) is 4.94. The van der Waals surface area contributed by atoms with Crippen molar-refractivity contribution in [3.05, 3.63) is 29.1 Å². The van der Waals surface area contributed by atoms with Gasteiger partial charge in [-0.15, -0.1) is 0 Å². The molecule has 5 rings (SSSR count). The van der Waals surface area contributed by atoms with Crippen molar-refractivity contribution < 1.29 is 23.5 Å². The number of rotatable bonds is 4. The number of amides is 3. The van der Waals surface area contributed by atoms with Crippen molar-refractivity contribution in [3.63, 3.8) is 0 Å². The van der Waals surface area contributed by atoms with E-state index in [9.17, 15) is 18.8 Å². The maximum atomic E-state index is 14.6. The summed E-state index contributed by atoms with van der Waals surface area (Å²) < 4.78 is 20.6. The first-order valence-electron chi connectivity index (χ1n) is 10.6. The molecule has 0 spiro atoms. The van der Waals surface area contributed by atoms with Crippen LogP contribution in [0.1, 0.15) is 41.6 Å². The number of fused-ring (bicyclic) bond motifs is 1. The molecule has 3 fully saturated rings. The Morgan fingerprint density at radius 2 is 1.87 bits per heavy atom. The molecule has 3 aliphatic heterocycles. The van der Waals surface area contributed by atoms with Gasteiger partial charge < -0.3 is 15.0 Å². The second kappa shape index (κ2) is 7.63. The first-order chi connectivity index (χ1) is 14.5. The quantitative estimate of drug-likeness (QED) is 0.691. The van der Waals surface area contributed by atoms with Crippen LogP contribution in [-0.2, 0) is 16.1 Å².